The van der Waals surface area contributed by atoms with Crippen LogP contribution in [0.2, 0.25) is 0 Å². The maximum atomic E-state index is 12.0. The predicted molar refractivity (Wildman–Crippen MR) is 107 cm³/mol. The average molecular weight is 393 g/mol. The first-order valence-corrected chi connectivity index (χ1v) is 9.33. The minimum atomic E-state index is -0.486. The van der Waals surface area contributed by atoms with Crippen molar-refractivity contribution in [1.82, 2.24) is 20.5 Å². The molecule has 0 bridgehead atoms. The number of hydrogen-bond acceptors (Lipinski definition) is 6. The third-order valence-corrected chi connectivity index (χ3v) is 3.92. The zero-order valence-corrected chi connectivity index (χ0v) is 17.3. The molecule has 0 radical (unpaired) electrons. The molecule has 1 fully saturated rings. The Morgan fingerprint density at radius 1 is 1.36 bits per heavy atom. The molecular weight excluding hydrogens is 362 g/mol. The summed E-state index contributed by atoms with van der Waals surface area (Å²) in [5, 5.41) is 6.55. The average Bonchev–Trinajstić information content (AvgIpc) is 2.59. The van der Waals surface area contributed by atoms with E-state index in [2.05, 4.69) is 20.6 Å². The van der Waals surface area contributed by atoms with Crippen molar-refractivity contribution in [3.05, 3.63) is 23.9 Å². The fourth-order valence-corrected chi connectivity index (χ4v) is 2.52. The lowest BCUT2D eigenvalue weighted by atomic mass is 10.1. The van der Waals surface area contributed by atoms with Gasteiger partial charge in [-0.3, -0.25) is 4.99 Å². The molecule has 2 N–H and O–H groups in total. The van der Waals surface area contributed by atoms with E-state index in [9.17, 15) is 4.79 Å². The molecule has 156 valence electrons. The van der Waals surface area contributed by atoms with Crippen LogP contribution in [0.25, 0.3) is 0 Å². The van der Waals surface area contributed by atoms with Crippen molar-refractivity contribution < 1.29 is 19.0 Å². The highest BCUT2D eigenvalue weighted by Crippen LogP contribution is 2.16. The molecule has 1 aliphatic heterocycles. The molecular formula is C19H31N5O4. The number of amides is 1. The molecule has 1 amide bonds. The quantitative estimate of drug-likeness (QED) is 0.410. The maximum absolute atomic E-state index is 12.0. The monoisotopic (exact) mass is 393 g/mol. The Kier molecular flexibility index (Phi) is 7.86. The van der Waals surface area contributed by atoms with Crippen LogP contribution in [0, 0.1) is 0 Å². The van der Waals surface area contributed by atoms with Crippen molar-refractivity contribution >= 4 is 12.1 Å². The predicted octanol–water partition coefficient (Wildman–Crippen LogP) is 1.39. The third-order valence-electron chi connectivity index (χ3n) is 3.92. The molecule has 1 aliphatic rings. The number of pyridine rings is 1. The Labute approximate surface area is 166 Å². The summed E-state index contributed by atoms with van der Waals surface area (Å²) in [6.07, 6.45) is 1.40. The van der Waals surface area contributed by atoms with Gasteiger partial charge in [0.1, 0.15) is 12.2 Å². The molecule has 9 nitrogen and oxygen atoms in total. The van der Waals surface area contributed by atoms with Gasteiger partial charge in [0.2, 0.25) is 5.88 Å². The number of likely N-dealkylation sites (tertiary alicyclic amines) is 1. The Bertz CT molecular complexity index is 669. The van der Waals surface area contributed by atoms with Gasteiger partial charge in [-0.15, -0.1) is 0 Å². The summed E-state index contributed by atoms with van der Waals surface area (Å²) in [4.78, 5) is 22.2. The van der Waals surface area contributed by atoms with E-state index in [1.165, 1.54) is 0 Å². The molecule has 2 heterocycles. The highest BCUT2D eigenvalue weighted by molar-refractivity contribution is 5.80. The van der Waals surface area contributed by atoms with E-state index < -0.39 is 5.60 Å². The third kappa shape index (κ3) is 6.88. The Hall–Kier alpha value is -2.55. The fourth-order valence-electron chi connectivity index (χ4n) is 2.52. The first-order valence-electron chi connectivity index (χ1n) is 9.33. The van der Waals surface area contributed by atoms with Gasteiger partial charge in [-0.05, 0) is 26.8 Å². The number of aliphatic imine (C=N–C) groups is 1. The summed E-state index contributed by atoms with van der Waals surface area (Å²) in [5.74, 6) is 1.22. The molecule has 0 saturated carbocycles. The van der Waals surface area contributed by atoms with Crippen molar-refractivity contribution in [2.24, 2.45) is 4.99 Å². The molecule has 0 aliphatic carbocycles. The van der Waals surface area contributed by atoms with Crippen molar-refractivity contribution in [2.75, 3.05) is 40.5 Å². The number of guanidine groups is 1. The van der Waals surface area contributed by atoms with Crippen molar-refractivity contribution in [3.63, 3.8) is 0 Å². The van der Waals surface area contributed by atoms with Gasteiger partial charge in [0.25, 0.3) is 0 Å². The number of hydrogen-bond donors (Lipinski definition) is 2. The van der Waals surface area contributed by atoms with Gasteiger partial charge in [0, 0.05) is 45.6 Å². The summed E-state index contributed by atoms with van der Waals surface area (Å²) in [7, 11) is 3.34. The number of rotatable bonds is 7. The van der Waals surface area contributed by atoms with Crippen molar-refractivity contribution in [3.8, 4) is 5.88 Å². The lowest BCUT2D eigenvalue weighted by Gasteiger charge is -2.40. The summed E-state index contributed by atoms with van der Waals surface area (Å²) >= 11 is 0. The summed E-state index contributed by atoms with van der Waals surface area (Å²) in [5.41, 5.74) is 0.436. The molecule has 0 spiro atoms. The van der Waals surface area contributed by atoms with Crippen LogP contribution in [0.1, 0.15) is 26.3 Å². The van der Waals surface area contributed by atoms with E-state index in [0.717, 1.165) is 5.56 Å². The van der Waals surface area contributed by atoms with Crippen LogP contribution in [0.5, 0.6) is 5.88 Å². The van der Waals surface area contributed by atoms with Crippen molar-refractivity contribution in [2.45, 2.75) is 39.0 Å². The Balaban J connectivity index is 1.78. The van der Waals surface area contributed by atoms with E-state index in [1.54, 1.807) is 25.3 Å². The number of ether oxygens (including phenoxy) is 3. The second-order valence-corrected chi connectivity index (χ2v) is 7.46. The van der Waals surface area contributed by atoms with Crippen LogP contribution in [-0.2, 0) is 16.0 Å². The lowest BCUT2D eigenvalue weighted by molar-refractivity contribution is 0.00701. The van der Waals surface area contributed by atoms with Gasteiger partial charge in [-0.2, -0.15) is 0 Å². The first-order chi connectivity index (χ1) is 13.3. The number of nitrogens with zero attached hydrogens (tertiary/aromatic N) is 3. The second-order valence-electron chi connectivity index (χ2n) is 7.46. The van der Waals surface area contributed by atoms with Gasteiger partial charge in [-0.1, -0.05) is 6.07 Å². The highest BCUT2D eigenvalue weighted by atomic mass is 16.6. The fraction of sp³-hybridized carbons (Fsp3) is 0.632. The zero-order valence-electron chi connectivity index (χ0n) is 17.3. The van der Waals surface area contributed by atoms with Crippen LogP contribution < -0.4 is 15.4 Å². The first kappa shape index (κ1) is 21.7. The van der Waals surface area contributed by atoms with Gasteiger partial charge < -0.3 is 29.7 Å². The summed E-state index contributed by atoms with van der Waals surface area (Å²) in [6.45, 7) is 8.19. The molecule has 1 saturated heterocycles. The topological polar surface area (TPSA) is 97.3 Å². The molecule has 0 atom stereocenters. The number of carbonyl (C=O) groups excluding carboxylic acids is 1. The van der Waals surface area contributed by atoms with Crippen molar-refractivity contribution in [1.29, 1.82) is 0 Å². The molecule has 2 rings (SSSR count). The van der Waals surface area contributed by atoms with E-state index in [4.69, 9.17) is 14.2 Å². The molecule has 0 aromatic carbocycles. The van der Waals surface area contributed by atoms with E-state index in [-0.39, 0.29) is 12.1 Å². The smallest absolute Gasteiger partial charge is 0.410 e. The standard InChI is InChI=1S/C19H31N5O4/c1-19(2,3)28-18(25)24-12-15(13-24)23-17(20-4)22-11-14-7-6-8-21-16(14)27-10-9-26-5/h6-8,15H,9-13H2,1-5H3,(H2,20,22,23). The van der Waals surface area contributed by atoms with E-state index in [0.29, 0.717) is 44.7 Å². The van der Waals surface area contributed by atoms with Crippen LogP contribution >= 0.6 is 0 Å². The zero-order chi connectivity index (χ0) is 20.6. The van der Waals surface area contributed by atoms with Crippen LogP contribution in [0.4, 0.5) is 4.79 Å². The van der Waals surface area contributed by atoms with Crippen LogP contribution in [-0.4, -0.2) is 74.0 Å². The molecule has 28 heavy (non-hydrogen) atoms. The minimum Gasteiger partial charge on any atom is -0.475 e. The largest absolute Gasteiger partial charge is 0.475 e. The Morgan fingerprint density at radius 2 is 2.11 bits per heavy atom. The molecule has 1 aromatic heterocycles. The van der Waals surface area contributed by atoms with Gasteiger partial charge in [0.15, 0.2) is 5.96 Å². The highest BCUT2D eigenvalue weighted by Gasteiger charge is 2.34. The number of carbonyl (C=O) groups is 1. The summed E-state index contributed by atoms with van der Waals surface area (Å²) in [6, 6.07) is 3.94. The maximum Gasteiger partial charge on any atom is 0.410 e. The van der Waals surface area contributed by atoms with E-state index >= 15 is 0 Å². The van der Waals surface area contributed by atoms with Gasteiger partial charge in [0.05, 0.1) is 12.6 Å². The lowest BCUT2D eigenvalue weighted by Crippen LogP contribution is -2.63. The number of methoxy groups -OCH3 is 1. The van der Waals surface area contributed by atoms with E-state index in [1.807, 2.05) is 32.9 Å². The molecule has 0 unspecified atom stereocenters. The number of aromatic nitrogens is 1. The normalized spacial score (nSPS) is 15.0. The second kappa shape index (κ2) is 10.1. The number of nitrogens with one attached hydrogen (secondary N) is 2. The van der Waals surface area contributed by atoms with Crippen LogP contribution in [0.15, 0.2) is 23.3 Å². The molecule has 9 heteroatoms. The van der Waals surface area contributed by atoms with Crippen LogP contribution in [0.3, 0.4) is 0 Å². The minimum absolute atomic E-state index is 0.130. The summed E-state index contributed by atoms with van der Waals surface area (Å²) < 4.78 is 16.0. The van der Waals surface area contributed by atoms with Gasteiger partial charge in [-0.25, -0.2) is 9.78 Å². The van der Waals surface area contributed by atoms with Gasteiger partial charge >= 0.3 is 6.09 Å². The SMILES string of the molecule is CN=C(NCc1cccnc1OCCOC)NC1CN(C(=O)OC(C)(C)C)C1. The molecule has 1 aromatic rings. The Morgan fingerprint density at radius 3 is 2.75 bits per heavy atom.